The first-order chi connectivity index (χ1) is 11.9. The third-order valence-electron chi connectivity index (χ3n) is 14.5. The van der Waals surface area contributed by atoms with E-state index in [-0.39, 0.29) is 0 Å². The summed E-state index contributed by atoms with van der Waals surface area (Å²) in [5, 5.41) is 2.82. The Morgan fingerprint density at radius 2 is 0.625 bits per heavy atom. The first-order valence-electron chi connectivity index (χ1n) is 11.0. The van der Waals surface area contributed by atoms with Crippen molar-refractivity contribution < 1.29 is 0 Å². The van der Waals surface area contributed by atoms with Crippen LogP contribution in [0.15, 0.2) is 0 Å². The van der Waals surface area contributed by atoms with Crippen LogP contribution >= 0.6 is 31.9 Å². The first-order valence-corrected chi connectivity index (χ1v) is 13.2. The van der Waals surface area contributed by atoms with Crippen molar-refractivity contribution in [3.8, 4) is 0 Å². The van der Waals surface area contributed by atoms with Crippen molar-refractivity contribution >= 4 is 31.9 Å². The van der Waals surface area contributed by atoms with Gasteiger partial charge in [-0.3, -0.25) is 0 Å². The van der Waals surface area contributed by atoms with Gasteiger partial charge in [0.25, 0.3) is 0 Å². The topological polar surface area (TPSA) is 0 Å². The fourth-order valence-corrected chi connectivity index (χ4v) is 18.8. The largest absolute Gasteiger partial charge is 0.0922 e. The number of alkyl halides is 2. The molecule has 0 amide bonds. The van der Waals surface area contributed by atoms with Crippen LogP contribution in [0, 0.1) is 117 Å². The molecule has 0 N–H and O–H groups in total. The number of hydrogen-bond donors (Lipinski definition) is 0. The van der Waals surface area contributed by atoms with Crippen molar-refractivity contribution in [1.29, 1.82) is 0 Å². The molecule has 12 saturated carbocycles. The molecule has 12 atom stereocenters. The zero-order valence-electron chi connectivity index (χ0n) is 13.6. The Morgan fingerprint density at radius 3 is 0.917 bits per heavy atom. The van der Waals surface area contributed by atoms with Crippen LogP contribution in [-0.4, -0.2) is 10.7 Å². The molecular formula is C22H22Br2. The van der Waals surface area contributed by atoms with E-state index in [1.807, 2.05) is 0 Å². The van der Waals surface area contributed by atoms with Gasteiger partial charge in [-0.1, -0.05) is 31.9 Å². The fourth-order valence-electron chi connectivity index (χ4n) is 16.5. The predicted octanol–water partition coefficient (Wildman–Crippen LogP) is 3.99. The Kier molecular flexibility index (Phi) is 1.30. The van der Waals surface area contributed by atoms with E-state index < -0.39 is 0 Å². The average molecular weight is 446 g/mol. The van der Waals surface area contributed by atoms with Crippen LogP contribution in [0.4, 0.5) is 0 Å². The van der Waals surface area contributed by atoms with Gasteiger partial charge < -0.3 is 0 Å². The standard InChI is InChI=1S/C22H22Br2/c23-1-21-15-5-3-4-6(15)10-12-8(4)16-7(3)11-9(5)17(21)13-14(18(10)21)20(12)22(16,2-24)19(11)13/h3-20H,1-2H2. The monoisotopic (exact) mass is 444 g/mol. The van der Waals surface area contributed by atoms with Gasteiger partial charge in [-0.05, 0) is 117 Å². The molecule has 12 rings (SSSR count). The highest BCUT2D eigenvalue weighted by Crippen LogP contribution is 3.06. The summed E-state index contributed by atoms with van der Waals surface area (Å²) in [4.78, 5) is 0. The Morgan fingerprint density at radius 1 is 0.375 bits per heavy atom. The van der Waals surface area contributed by atoms with E-state index in [4.69, 9.17) is 0 Å². The Hall–Kier alpha value is 0.960. The second kappa shape index (κ2) is 2.66. The van der Waals surface area contributed by atoms with E-state index in [1.165, 1.54) is 117 Å². The van der Waals surface area contributed by atoms with Gasteiger partial charge in [-0.2, -0.15) is 0 Å². The molecule has 0 aromatic rings. The van der Waals surface area contributed by atoms with Gasteiger partial charge in [-0.15, -0.1) is 0 Å². The molecule has 0 saturated heterocycles. The fraction of sp³-hybridized carbons (Fsp3) is 1.00. The van der Waals surface area contributed by atoms with Crippen LogP contribution in [0.5, 0.6) is 0 Å². The molecule has 124 valence electrons. The van der Waals surface area contributed by atoms with Gasteiger partial charge in [-0.25, -0.2) is 0 Å². The molecule has 0 nitrogen and oxygen atoms in total. The zero-order chi connectivity index (χ0) is 14.8. The van der Waals surface area contributed by atoms with Crippen LogP contribution in [0.1, 0.15) is 0 Å². The number of rotatable bonds is 2. The Labute approximate surface area is 159 Å². The minimum atomic E-state index is 0.825. The SMILES string of the molecule is BrCC12C3C4C5C6C3C3C7C6C6C5C5C4C1C1C(C32)C7C6(CBr)C51. The molecule has 12 unspecified atom stereocenters. The smallest absolute Gasteiger partial charge is 0.00965 e. The molecule has 12 aliphatic carbocycles. The summed E-state index contributed by atoms with van der Waals surface area (Å²) in [6.07, 6.45) is 0. The van der Waals surface area contributed by atoms with Crippen molar-refractivity contribution in [2.24, 2.45) is 117 Å². The minimum Gasteiger partial charge on any atom is -0.0922 e. The normalized spacial score (nSPS) is 98.2. The van der Waals surface area contributed by atoms with Gasteiger partial charge in [0.15, 0.2) is 0 Å². The Balaban J connectivity index is 1.43. The van der Waals surface area contributed by atoms with Crippen molar-refractivity contribution in [1.82, 2.24) is 0 Å². The van der Waals surface area contributed by atoms with Crippen LogP contribution in [0.2, 0.25) is 0 Å². The molecular weight excluding hydrogens is 424 g/mol. The lowest BCUT2D eigenvalue weighted by atomic mass is 9.64. The molecule has 12 aliphatic rings. The van der Waals surface area contributed by atoms with E-state index in [1.54, 1.807) is 0 Å². The Bertz CT molecular complexity index is 714. The maximum Gasteiger partial charge on any atom is 0.00965 e. The lowest BCUT2D eigenvalue weighted by Gasteiger charge is -2.42. The van der Waals surface area contributed by atoms with Crippen LogP contribution in [0.3, 0.4) is 0 Å². The molecule has 2 heteroatoms. The highest BCUT2D eigenvalue weighted by Gasteiger charge is 3.03. The van der Waals surface area contributed by atoms with Crippen molar-refractivity contribution in [2.45, 2.75) is 0 Å². The molecule has 0 aliphatic heterocycles. The maximum absolute atomic E-state index is 4.20. The first kappa shape index (κ1) is 11.7. The van der Waals surface area contributed by atoms with E-state index in [9.17, 15) is 0 Å². The third kappa shape index (κ3) is 0.573. The second-order valence-corrected chi connectivity index (χ2v) is 13.7. The summed E-state index contributed by atoms with van der Waals surface area (Å²) >= 11 is 8.40. The maximum atomic E-state index is 4.20. The lowest BCUT2D eigenvalue weighted by Crippen LogP contribution is -2.41. The summed E-state index contributed by atoms with van der Waals surface area (Å²) in [6, 6.07) is 0. The molecule has 0 spiro atoms. The van der Waals surface area contributed by atoms with E-state index in [0.717, 1.165) is 10.8 Å². The van der Waals surface area contributed by atoms with Crippen molar-refractivity contribution in [2.75, 3.05) is 10.7 Å². The van der Waals surface area contributed by atoms with E-state index in [2.05, 4.69) is 31.9 Å². The van der Waals surface area contributed by atoms with Gasteiger partial charge in [0.05, 0.1) is 0 Å². The molecule has 0 radical (unpaired) electrons. The van der Waals surface area contributed by atoms with Gasteiger partial charge >= 0.3 is 0 Å². The van der Waals surface area contributed by atoms with Crippen molar-refractivity contribution in [3.63, 3.8) is 0 Å². The van der Waals surface area contributed by atoms with Crippen molar-refractivity contribution in [3.05, 3.63) is 0 Å². The van der Waals surface area contributed by atoms with Crippen LogP contribution < -0.4 is 0 Å². The highest BCUT2D eigenvalue weighted by molar-refractivity contribution is 9.09. The summed E-state index contributed by atoms with van der Waals surface area (Å²) in [7, 11) is 0. The van der Waals surface area contributed by atoms with Crippen LogP contribution in [0.25, 0.3) is 0 Å². The third-order valence-corrected chi connectivity index (χ3v) is 16.4. The molecule has 0 bridgehead atoms. The van der Waals surface area contributed by atoms with Crippen LogP contribution in [-0.2, 0) is 0 Å². The zero-order valence-corrected chi connectivity index (χ0v) is 16.7. The summed E-state index contributed by atoms with van der Waals surface area (Å²) < 4.78 is 0. The van der Waals surface area contributed by atoms with Gasteiger partial charge in [0.1, 0.15) is 0 Å². The van der Waals surface area contributed by atoms with E-state index in [0.29, 0.717) is 0 Å². The molecule has 24 heavy (non-hydrogen) atoms. The van der Waals surface area contributed by atoms with E-state index >= 15 is 0 Å². The lowest BCUT2D eigenvalue weighted by molar-refractivity contribution is 0.0775. The molecule has 0 aromatic heterocycles. The second-order valence-electron chi connectivity index (χ2n) is 12.6. The highest BCUT2D eigenvalue weighted by atomic mass is 79.9. The molecule has 0 heterocycles. The number of halogens is 2. The average Bonchev–Trinajstić information content (AvgIpc) is 3.27. The molecule has 12 fully saturated rings. The summed E-state index contributed by atoms with van der Waals surface area (Å²) in [5.74, 6) is 22.1. The minimum absolute atomic E-state index is 0.825. The quantitative estimate of drug-likeness (QED) is 0.563. The van der Waals surface area contributed by atoms with Gasteiger partial charge in [0.2, 0.25) is 0 Å². The number of hydrogen-bond acceptors (Lipinski definition) is 0. The van der Waals surface area contributed by atoms with Gasteiger partial charge in [0, 0.05) is 10.7 Å². The summed E-state index contributed by atoms with van der Waals surface area (Å²) in [6.45, 7) is 0. The summed E-state index contributed by atoms with van der Waals surface area (Å²) in [5.41, 5.74) is 1.65. The predicted molar refractivity (Wildman–Crippen MR) is 95.3 cm³/mol. The molecule has 0 aromatic carbocycles.